The summed E-state index contributed by atoms with van der Waals surface area (Å²) < 4.78 is 0. The summed E-state index contributed by atoms with van der Waals surface area (Å²) in [6.07, 6.45) is 15.0. The second kappa shape index (κ2) is 9.45. The van der Waals surface area contributed by atoms with Gasteiger partial charge in [0.2, 0.25) is 0 Å². The summed E-state index contributed by atoms with van der Waals surface area (Å²) in [5.41, 5.74) is 5.25. The molecule has 0 unspecified atom stereocenters. The molecule has 4 fully saturated rings. The Hall–Kier alpha value is -1.60. The quantitative estimate of drug-likeness (QED) is 0.165. The fourth-order valence-electron chi connectivity index (χ4n) is 8.33. The van der Waals surface area contributed by atoms with Gasteiger partial charge in [0.05, 0.1) is 24.0 Å². The van der Waals surface area contributed by atoms with E-state index in [2.05, 4.69) is 31.2 Å². The molecule has 0 aliphatic heterocycles. The molecule has 34 heavy (non-hydrogen) atoms. The average molecular weight is 475 g/mol. The lowest BCUT2D eigenvalue weighted by molar-refractivity contribution is -0.206. The van der Waals surface area contributed by atoms with Crippen LogP contribution in [0.15, 0.2) is 16.8 Å². The van der Waals surface area contributed by atoms with E-state index in [1.54, 1.807) is 6.21 Å². The molecule has 0 amide bonds. The second-order valence-electron chi connectivity index (χ2n) is 12.2. The van der Waals surface area contributed by atoms with Crippen molar-refractivity contribution in [2.75, 3.05) is 13.2 Å². The van der Waals surface area contributed by atoms with Crippen LogP contribution in [0.25, 0.3) is 0 Å². The molecule has 0 saturated heterocycles. The van der Waals surface area contributed by atoms with Crippen LogP contribution in [0.2, 0.25) is 0 Å². The number of allylic oxidation sites excluding steroid dienone is 1. The number of aliphatic hydroxyl groups is 2. The monoisotopic (exact) mass is 474 g/mol. The molecule has 4 aliphatic rings. The van der Waals surface area contributed by atoms with Crippen molar-refractivity contribution in [1.82, 2.24) is 5.32 Å². The Balaban J connectivity index is 1.42. The lowest BCUT2D eigenvalue weighted by atomic mass is 9.43. The van der Waals surface area contributed by atoms with Gasteiger partial charge >= 0.3 is 0 Å². The van der Waals surface area contributed by atoms with Crippen LogP contribution in [0.1, 0.15) is 91.4 Å². The maximum atomic E-state index is 11.9. The molecule has 4 rings (SSSR count). The molecule has 192 valence electrons. The van der Waals surface area contributed by atoms with Gasteiger partial charge in [0.25, 0.3) is 0 Å². The smallest absolute Gasteiger partial charge is 0.185 e. The maximum Gasteiger partial charge on any atom is 0.185 e. The van der Waals surface area contributed by atoms with Gasteiger partial charge in [-0.3, -0.25) is 5.41 Å². The Bertz CT molecular complexity index is 831. The van der Waals surface area contributed by atoms with Gasteiger partial charge in [0.15, 0.2) is 5.96 Å². The summed E-state index contributed by atoms with van der Waals surface area (Å²) in [6.45, 7) is 7.62. The van der Waals surface area contributed by atoms with Gasteiger partial charge in [-0.1, -0.05) is 25.9 Å². The SMILES string of the molecule is CCC(C=NOCCNC(=N)N)=C[C@]1(O)CC[C@@]2(C)[C@H](CC[C@@H]3[C@@H]2CC[C@]2(C)CCC[C@]32O)C1. The van der Waals surface area contributed by atoms with Gasteiger partial charge in [-0.15, -0.1) is 0 Å². The van der Waals surface area contributed by atoms with Crippen LogP contribution < -0.4 is 11.1 Å². The van der Waals surface area contributed by atoms with Crippen molar-refractivity contribution >= 4 is 12.2 Å². The molecule has 0 heterocycles. The third-order valence-corrected chi connectivity index (χ3v) is 10.4. The minimum Gasteiger partial charge on any atom is -0.394 e. The van der Waals surface area contributed by atoms with Crippen molar-refractivity contribution in [1.29, 1.82) is 5.41 Å². The zero-order chi connectivity index (χ0) is 24.6. The summed E-state index contributed by atoms with van der Waals surface area (Å²) in [7, 11) is 0. The van der Waals surface area contributed by atoms with Crippen LogP contribution in [0, 0.1) is 34.0 Å². The molecular formula is C27H46N4O3. The van der Waals surface area contributed by atoms with Crippen LogP contribution in [0.5, 0.6) is 0 Å². The van der Waals surface area contributed by atoms with E-state index in [0.717, 1.165) is 56.9 Å². The van der Waals surface area contributed by atoms with E-state index >= 15 is 0 Å². The number of nitrogens with two attached hydrogens (primary N) is 1. The number of nitrogens with zero attached hydrogens (tertiary/aromatic N) is 1. The summed E-state index contributed by atoms with van der Waals surface area (Å²) in [6, 6.07) is 0. The van der Waals surface area contributed by atoms with Crippen LogP contribution in [0.4, 0.5) is 0 Å². The van der Waals surface area contributed by atoms with E-state index in [9.17, 15) is 10.2 Å². The number of fused-ring (bicyclic) bond motifs is 5. The van der Waals surface area contributed by atoms with Crippen LogP contribution >= 0.6 is 0 Å². The molecular weight excluding hydrogens is 428 g/mol. The zero-order valence-corrected chi connectivity index (χ0v) is 21.4. The number of nitrogens with one attached hydrogen (secondary N) is 2. The number of rotatable bonds is 7. The van der Waals surface area contributed by atoms with Crippen molar-refractivity contribution in [2.45, 2.75) is 103 Å². The predicted octanol–water partition coefficient (Wildman–Crippen LogP) is 4.09. The van der Waals surface area contributed by atoms with Gasteiger partial charge in [0.1, 0.15) is 6.61 Å². The Kier molecular flexibility index (Phi) is 7.09. The Morgan fingerprint density at radius 3 is 2.65 bits per heavy atom. The number of oxime groups is 1. The number of hydrogen-bond donors (Lipinski definition) is 5. The van der Waals surface area contributed by atoms with Gasteiger partial charge in [0, 0.05) is 0 Å². The van der Waals surface area contributed by atoms with E-state index in [0.29, 0.717) is 30.9 Å². The van der Waals surface area contributed by atoms with Crippen molar-refractivity contribution in [3.63, 3.8) is 0 Å². The molecule has 7 atom stereocenters. The molecule has 6 N–H and O–H groups in total. The Morgan fingerprint density at radius 2 is 1.91 bits per heavy atom. The predicted molar refractivity (Wildman–Crippen MR) is 135 cm³/mol. The zero-order valence-electron chi connectivity index (χ0n) is 21.4. The molecule has 7 nitrogen and oxygen atoms in total. The van der Waals surface area contributed by atoms with Gasteiger partial charge < -0.3 is 26.1 Å². The van der Waals surface area contributed by atoms with Gasteiger partial charge in [-0.2, -0.15) is 0 Å². The minimum atomic E-state index is -0.808. The fraction of sp³-hybridized carbons (Fsp3) is 0.852. The van der Waals surface area contributed by atoms with E-state index in [-0.39, 0.29) is 16.8 Å². The lowest BCUT2D eigenvalue weighted by Crippen LogP contribution is -2.61. The molecule has 7 heteroatoms. The highest BCUT2D eigenvalue weighted by Crippen LogP contribution is 2.68. The van der Waals surface area contributed by atoms with E-state index in [1.165, 1.54) is 19.3 Å². The summed E-state index contributed by atoms with van der Waals surface area (Å²) in [5.74, 6) is 1.40. The molecule has 4 aliphatic carbocycles. The summed E-state index contributed by atoms with van der Waals surface area (Å²) in [5, 5.41) is 37.3. The molecule has 0 bridgehead atoms. The van der Waals surface area contributed by atoms with Crippen molar-refractivity contribution in [2.24, 2.45) is 39.5 Å². The van der Waals surface area contributed by atoms with E-state index < -0.39 is 11.2 Å². The molecule has 0 aromatic heterocycles. The van der Waals surface area contributed by atoms with Gasteiger partial charge in [-0.25, -0.2) is 0 Å². The first-order chi connectivity index (χ1) is 16.1. The maximum absolute atomic E-state index is 11.9. The van der Waals surface area contributed by atoms with Crippen molar-refractivity contribution in [3.05, 3.63) is 11.6 Å². The molecule has 0 aromatic carbocycles. The highest BCUT2D eigenvalue weighted by atomic mass is 16.6. The van der Waals surface area contributed by atoms with E-state index in [1.807, 2.05) is 6.08 Å². The highest BCUT2D eigenvalue weighted by Gasteiger charge is 2.65. The van der Waals surface area contributed by atoms with Crippen LogP contribution in [-0.4, -0.2) is 46.7 Å². The molecule has 0 radical (unpaired) electrons. The Labute approximate surface area is 205 Å². The third-order valence-electron chi connectivity index (χ3n) is 10.4. The van der Waals surface area contributed by atoms with E-state index in [4.69, 9.17) is 16.0 Å². The lowest BCUT2D eigenvalue weighted by Gasteiger charge is -2.63. The molecule has 0 aromatic rings. The fourth-order valence-corrected chi connectivity index (χ4v) is 8.33. The first kappa shape index (κ1) is 25.5. The topological polar surface area (TPSA) is 124 Å². The van der Waals surface area contributed by atoms with Crippen LogP contribution in [-0.2, 0) is 4.84 Å². The largest absolute Gasteiger partial charge is 0.394 e. The Morgan fingerprint density at radius 1 is 1.12 bits per heavy atom. The van der Waals surface area contributed by atoms with Gasteiger partial charge in [-0.05, 0) is 111 Å². The van der Waals surface area contributed by atoms with Crippen molar-refractivity contribution in [3.8, 4) is 0 Å². The first-order valence-corrected chi connectivity index (χ1v) is 13.4. The molecule has 0 spiro atoms. The highest BCUT2D eigenvalue weighted by molar-refractivity contribution is 5.78. The van der Waals surface area contributed by atoms with Crippen LogP contribution in [0.3, 0.4) is 0 Å². The minimum absolute atomic E-state index is 0.0816. The third kappa shape index (κ3) is 4.50. The molecule has 4 saturated carbocycles. The summed E-state index contributed by atoms with van der Waals surface area (Å²) >= 11 is 0. The standard InChI is InChI=1S/C27H46N4O3/c1-4-19(18-31-34-15-14-30-23(28)29)16-26(32)13-12-25(3)20(17-26)6-7-22-21(25)8-11-24(2)9-5-10-27(22,24)33/h16,18,20-22,32-33H,4-15,17H2,1-3H3,(H4,28,29,30)/t20-,21+,22-,24+,25+,26-,27+/m1/s1. The normalized spacial score (nSPS) is 44.3. The summed E-state index contributed by atoms with van der Waals surface area (Å²) in [4.78, 5) is 5.26. The number of guanidine groups is 1. The van der Waals surface area contributed by atoms with Crippen molar-refractivity contribution < 1.29 is 15.1 Å². The first-order valence-electron chi connectivity index (χ1n) is 13.4. The average Bonchev–Trinajstić information content (AvgIpc) is 3.11. The number of hydrogen-bond acceptors (Lipinski definition) is 5. The second-order valence-corrected chi connectivity index (χ2v) is 12.2.